The zero-order chi connectivity index (χ0) is 38.2. The van der Waals surface area contributed by atoms with E-state index in [0.717, 1.165) is 102 Å². The summed E-state index contributed by atoms with van der Waals surface area (Å²) >= 11 is 0. The lowest BCUT2D eigenvalue weighted by molar-refractivity contribution is -0.169. The van der Waals surface area contributed by atoms with E-state index in [1.165, 1.54) is 31.3 Å². The third-order valence-electron chi connectivity index (χ3n) is 19.4. The van der Waals surface area contributed by atoms with Gasteiger partial charge in [0, 0.05) is 37.0 Å². The molecule has 6 nitrogen and oxygen atoms in total. The minimum Gasteiger partial charge on any atom is -0.461 e. The van der Waals surface area contributed by atoms with Crippen molar-refractivity contribution in [1.29, 1.82) is 0 Å². The summed E-state index contributed by atoms with van der Waals surface area (Å²) in [4.78, 5) is 42.6. The number of hydrogen-bond acceptors (Lipinski definition) is 6. The van der Waals surface area contributed by atoms with Crippen LogP contribution in [-0.2, 0) is 19.1 Å². The quantitative estimate of drug-likeness (QED) is 0.171. The third-order valence-corrected chi connectivity index (χ3v) is 19.4. The number of fused-ring (bicyclic) bond motifs is 10. The summed E-state index contributed by atoms with van der Waals surface area (Å²) in [7, 11) is 0. The molecule has 0 aromatic heterocycles. The van der Waals surface area contributed by atoms with Gasteiger partial charge in [-0.1, -0.05) is 78.7 Å². The molecule has 0 amide bonds. The molecule has 8 rings (SSSR count). The van der Waals surface area contributed by atoms with Crippen LogP contribution in [-0.4, -0.2) is 46.1 Å². The zero-order valence-electron chi connectivity index (χ0n) is 34.6. The summed E-state index contributed by atoms with van der Waals surface area (Å²) in [5.41, 5.74) is 1.57. The molecule has 2 N–H and O–H groups in total. The average Bonchev–Trinajstić information content (AvgIpc) is 3.62. The van der Waals surface area contributed by atoms with Crippen LogP contribution in [0.1, 0.15) is 182 Å². The van der Waals surface area contributed by atoms with Crippen LogP contribution in [0.4, 0.5) is 0 Å². The maximum Gasteiger partial charge on any atom is 0.306 e. The molecule has 0 heterocycles. The number of Topliss-reactive ketones (excluding diaryl/α,β-unsaturated/α-hetero) is 2. The molecule has 3 unspecified atom stereocenters. The molecular weight excluding hydrogens is 673 g/mol. The highest BCUT2D eigenvalue weighted by atomic mass is 16.5. The lowest BCUT2D eigenvalue weighted by atomic mass is 9.40. The number of aliphatic hydroxyl groups excluding tert-OH is 2. The SMILES string of the molecule is CCCCCCCCCC(=O)OC1CC(=O)C(C2CC(=O)CC3CC[C@@H]4[C@H](CC[C@]5(C)[C@@H](O)CC[C@@H]45)[C@]32C)=C2CC[C@H]3[C@@H]4CC[C@H](O)[C@@]4(C)CC[C@@H]3[C@]21C. The van der Waals surface area contributed by atoms with E-state index in [9.17, 15) is 19.8 Å². The molecule has 7 saturated carbocycles. The van der Waals surface area contributed by atoms with Gasteiger partial charge in [-0.15, -0.1) is 0 Å². The van der Waals surface area contributed by atoms with Gasteiger partial charge in [-0.05, 0) is 147 Å². The number of aliphatic hydroxyl groups is 2. The highest BCUT2D eigenvalue weighted by Crippen LogP contribution is 2.71. The highest BCUT2D eigenvalue weighted by Gasteiger charge is 2.67. The molecule has 302 valence electrons. The molecule has 8 aliphatic rings. The first kappa shape index (κ1) is 39.3. The molecule has 15 atom stereocenters. The van der Waals surface area contributed by atoms with Crippen LogP contribution in [0.2, 0.25) is 0 Å². The predicted octanol–water partition coefficient (Wildman–Crippen LogP) is 10.1. The lowest BCUT2D eigenvalue weighted by Crippen LogP contribution is -2.60. The van der Waals surface area contributed by atoms with Gasteiger partial charge in [-0.2, -0.15) is 0 Å². The monoisotopic (exact) mass is 747 g/mol. The van der Waals surface area contributed by atoms with Crippen molar-refractivity contribution >= 4 is 17.5 Å². The third kappa shape index (κ3) is 6.00. The normalized spacial score (nSPS) is 48.3. The lowest BCUT2D eigenvalue weighted by Gasteiger charge is -2.64. The van der Waals surface area contributed by atoms with Crippen LogP contribution < -0.4 is 0 Å². The Morgan fingerprint density at radius 1 is 0.685 bits per heavy atom. The molecule has 0 bridgehead atoms. The summed E-state index contributed by atoms with van der Waals surface area (Å²) in [5, 5.41) is 22.4. The number of unbranched alkanes of at least 4 members (excludes halogenated alkanes) is 6. The molecule has 6 heteroatoms. The van der Waals surface area contributed by atoms with Crippen molar-refractivity contribution < 1.29 is 29.3 Å². The van der Waals surface area contributed by atoms with Gasteiger partial charge < -0.3 is 14.9 Å². The van der Waals surface area contributed by atoms with Crippen LogP contribution >= 0.6 is 0 Å². The van der Waals surface area contributed by atoms with E-state index in [-0.39, 0.29) is 58.5 Å². The van der Waals surface area contributed by atoms with Crippen molar-refractivity contribution in [3.63, 3.8) is 0 Å². The van der Waals surface area contributed by atoms with Gasteiger partial charge in [-0.3, -0.25) is 14.4 Å². The second-order valence-electron chi connectivity index (χ2n) is 21.4. The van der Waals surface area contributed by atoms with Crippen LogP contribution in [0.3, 0.4) is 0 Å². The van der Waals surface area contributed by atoms with Gasteiger partial charge in [0.05, 0.1) is 12.2 Å². The Bertz CT molecular complexity index is 1500. The molecule has 0 saturated heterocycles. The maximum absolute atomic E-state index is 15.0. The Hall–Kier alpha value is -1.53. The smallest absolute Gasteiger partial charge is 0.306 e. The Labute approximate surface area is 326 Å². The Balaban J connectivity index is 1.14. The van der Waals surface area contributed by atoms with Crippen molar-refractivity contribution in [3.05, 3.63) is 11.1 Å². The van der Waals surface area contributed by atoms with E-state index in [2.05, 4.69) is 34.6 Å². The molecule has 8 aliphatic carbocycles. The molecule has 7 fully saturated rings. The van der Waals surface area contributed by atoms with Gasteiger partial charge >= 0.3 is 5.97 Å². The molecule has 0 aromatic carbocycles. The van der Waals surface area contributed by atoms with Gasteiger partial charge in [0.2, 0.25) is 0 Å². The first-order valence-electron chi connectivity index (χ1n) is 23.1. The van der Waals surface area contributed by atoms with Crippen LogP contribution in [0.25, 0.3) is 0 Å². The summed E-state index contributed by atoms with van der Waals surface area (Å²) in [6, 6.07) is 0. The van der Waals surface area contributed by atoms with Crippen molar-refractivity contribution in [1.82, 2.24) is 0 Å². The van der Waals surface area contributed by atoms with Crippen molar-refractivity contribution in [2.75, 3.05) is 0 Å². The average molecular weight is 747 g/mol. The molecular formula is C48H74O6. The van der Waals surface area contributed by atoms with Gasteiger partial charge in [0.15, 0.2) is 5.78 Å². The predicted molar refractivity (Wildman–Crippen MR) is 211 cm³/mol. The molecule has 54 heavy (non-hydrogen) atoms. The minimum atomic E-state index is -0.471. The van der Waals surface area contributed by atoms with Gasteiger partial charge in [0.25, 0.3) is 0 Å². The number of ether oxygens (including phenoxy) is 1. The fourth-order valence-corrected chi connectivity index (χ4v) is 16.3. The number of rotatable bonds is 10. The van der Waals surface area contributed by atoms with Crippen molar-refractivity contribution in [3.8, 4) is 0 Å². The second-order valence-corrected chi connectivity index (χ2v) is 21.4. The number of carbonyl (C=O) groups excluding carboxylic acids is 3. The number of hydrogen-bond donors (Lipinski definition) is 2. The van der Waals surface area contributed by atoms with Crippen LogP contribution in [0.5, 0.6) is 0 Å². The Morgan fingerprint density at radius 2 is 1.30 bits per heavy atom. The number of esters is 1. The zero-order valence-corrected chi connectivity index (χ0v) is 34.6. The van der Waals surface area contributed by atoms with Crippen LogP contribution in [0, 0.1) is 69.0 Å². The standard InChI is InChI=1S/C48H74O6/c1-6-7-8-9-10-11-12-13-43(53)54-42-28-39(50)44(37-17-16-32-34-19-21-41(52)46(34,3)25-23-36(32)48(37,42)5)38-27-30(49)26-29-14-15-31-33-18-20-40(51)45(33,2)24-22-35(31)47(29,38)4/h29,31-36,38,40-42,51-52H,6-28H2,1-5H3/t29?,31-,32-,33-,34-,35-,36-,38?,40-,41-,42?,45-,46-,47-,48+/m0/s1. The van der Waals surface area contributed by atoms with Crippen molar-refractivity contribution in [2.45, 2.75) is 201 Å². The van der Waals surface area contributed by atoms with E-state index in [4.69, 9.17) is 4.74 Å². The Kier molecular flexibility index (Phi) is 10.7. The molecule has 0 radical (unpaired) electrons. The first-order chi connectivity index (χ1) is 25.8. The van der Waals surface area contributed by atoms with Crippen molar-refractivity contribution in [2.24, 2.45) is 69.0 Å². The van der Waals surface area contributed by atoms with Gasteiger partial charge in [-0.25, -0.2) is 0 Å². The largest absolute Gasteiger partial charge is 0.461 e. The maximum atomic E-state index is 15.0. The number of carbonyl (C=O) groups is 3. The topological polar surface area (TPSA) is 101 Å². The molecule has 0 aliphatic heterocycles. The molecule has 0 spiro atoms. The molecule has 0 aromatic rings. The van der Waals surface area contributed by atoms with Crippen LogP contribution in [0.15, 0.2) is 11.1 Å². The summed E-state index contributed by atoms with van der Waals surface area (Å²) in [6.07, 6.45) is 20.8. The fraction of sp³-hybridized carbons (Fsp3) is 0.896. The van der Waals surface area contributed by atoms with E-state index >= 15 is 4.79 Å². The number of ketones is 2. The van der Waals surface area contributed by atoms with E-state index in [0.29, 0.717) is 60.6 Å². The minimum absolute atomic E-state index is 0.0146. The summed E-state index contributed by atoms with van der Waals surface area (Å²) in [5.74, 6) is 3.21. The van der Waals surface area contributed by atoms with Gasteiger partial charge in [0.1, 0.15) is 11.9 Å². The van der Waals surface area contributed by atoms with E-state index in [1.807, 2.05) is 0 Å². The second kappa shape index (κ2) is 14.7. The fourth-order valence-electron chi connectivity index (χ4n) is 16.3. The highest BCUT2D eigenvalue weighted by molar-refractivity contribution is 6.00. The van der Waals surface area contributed by atoms with E-state index < -0.39 is 11.5 Å². The van der Waals surface area contributed by atoms with E-state index in [1.54, 1.807) is 0 Å². The first-order valence-corrected chi connectivity index (χ1v) is 23.1. The summed E-state index contributed by atoms with van der Waals surface area (Å²) < 4.78 is 6.59. The summed E-state index contributed by atoms with van der Waals surface area (Å²) in [6.45, 7) is 11.8. The Morgan fingerprint density at radius 3 is 1.96 bits per heavy atom.